The van der Waals surface area contributed by atoms with Gasteiger partial charge >= 0.3 is 0 Å². The molecule has 1 aromatic heterocycles. The third-order valence-corrected chi connectivity index (χ3v) is 11.3. The van der Waals surface area contributed by atoms with Gasteiger partial charge in [-0.2, -0.15) is 0 Å². The number of hydrogen-bond donors (Lipinski definition) is 0. The van der Waals surface area contributed by atoms with Crippen molar-refractivity contribution in [3.8, 4) is 44.5 Å². The quantitative estimate of drug-likeness (QED) is 0.150. The summed E-state index contributed by atoms with van der Waals surface area (Å²) in [7, 11) is 0. The Hall–Kier alpha value is -7.16. The van der Waals surface area contributed by atoms with Gasteiger partial charge in [0.2, 0.25) is 0 Å². The lowest BCUT2D eigenvalue weighted by atomic mass is 9.80. The average Bonchev–Trinajstić information content (AvgIpc) is 3.59. The van der Waals surface area contributed by atoms with E-state index in [0.717, 1.165) is 29.8 Å². The molecule has 1 atom stereocenters. The van der Waals surface area contributed by atoms with Crippen LogP contribution in [0.5, 0.6) is 0 Å². The highest BCUT2D eigenvalue weighted by Crippen LogP contribution is 2.46. The summed E-state index contributed by atoms with van der Waals surface area (Å²) in [6.07, 6.45) is 18.8. The standard InChI is InChI=1S/C55H40N2/c1-4-16-38(17-5-1)45-34-46(39-18-6-2-7-19-39)36-47(35-45)40-28-29-50-51(37-40)55(44-23-15-21-42(33-44)53-27-11-13-31-57-53)49-25-10-9-24-48(49)54(50)43-22-14-20-41(32-43)52-26-8-3-12-30-56-52/h1-2,4-32,34-37,42H,3,33H2. The van der Waals surface area contributed by atoms with Crippen LogP contribution in [0.1, 0.15) is 35.6 Å². The molecule has 0 bridgehead atoms. The van der Waals surface area contributed by atoms with Gasteiger partial charge in [0.05, 0.1) is 5.71 Å². The summed E-state index contributed by atoms with van der Waals surface area (Å²) in [6, 6.07) is 59.7. The van der Waals surface area contributed by atoms with Crippen LogP contribution in [0.15, 0.2) is 218 Å². The summed E-state index contributed by atoms with van der Waals surface area (Å²) < 4.78 is 0. The van der Waals surface area contributed by atoms with Crippen molar-refractivity contribution in [3.05, 3.63) is 229 Å². The van der Waals surface area contributed by atoms with Gasteiger partial charge in [-0.15, -0.1) is 0 Å². The number of hydrogen-bond acceptors (Lipinski definition) is 2. The summed E-state index contributed by atoms with van der Waals surface area (Å²) in [5.41, 5.74) is 15.4. The predicted octanol–water partition coefficient (Wildman–Crippen LogP) is 14.4. The van der Waals surface area contributed by atoms with E-state index in [9.17, 15) is 0 Å². The molecule has 2 heterocycles. The van der Waals surface area contributed by atoms with Crippen molar-refractivity contribution in [3.63, 3.8) is 0 Å². The van der Waals surface area contributed by atoms with Crippen molar-refractivity contribution in [1.29, 1.82) is 0 Å². The molecule has 0 spiro atoms. The van der Waals surface area contributed by atoms with E-state index in [1.54, 1.807) is 0 Å². The minimum atomic E-state index is 0.193. The van der Waals surface area contributed by atoms with Crippen LogP contribution in [-0.4, -0.2) is 10.7 Å². The fourth-order valence-corrected chi connectivity index (χ4v) is 8.57. The zero-order chi connectivity index (χ0) is 38.0. The number of aliphatic imine (C=N–C) groups is 1. The lowest BCUT2D eigenvalue weighted by Crippen LogP contribution is -2.04. The Balaban J connectivity index is 1.23. The van der Waals surface area contributed by atoms with E-state index in [4.69, 9.17) is 9.98 Å². The van der Waals surface area contributed by atoms with E-state index < -0.39 is 0 Å². The summed E-state index contributed by atoms with van der Waals surface area (Å²) in [5.74, 6) is 0.193. The van der Waals surface area contributed by atoms with Gasteiger partial charge in [-0.05, 0) is 139 Å². The molecule has 2 heteroatoms. The molecule has 10 rings (SSSR count). The third kappa shape index (κ3) is 6.77. The number of pyridine rings is 1. The fourth-order valence-electron chi connectivity index (χ4n) is 8.57. The van der Waals surface area contributed by atoms with Crippen LogP contribution in [0.2, 0.25) is 0 Å². The number of aromatic nitrogens is 1. The summed E-state index contributed by atoms with van der Waals surface area (Å²) in [6.45, 7) is 0. The van der Waals surface area contributed by atoms with Gasteiger partial charge in [-0.3, -0.25) is 9.98 Å². The second-order valence-electron chi connectivity index (χ2n) is 14.8. The number of nitrogens with zero attached hydrogens (tertiary/aromatic N) is 2. The van der Waals surface area contributed by atoms with E-state index in [0.29, 0.717) is 0 Å². The number of benzene rings is 7. The zero-order valence-corrected chi connectivity index (χ0v) is 31.6. The fraction of sp³-hybridized carbons (Fsp3) is 0.0545. The first-order chi connectivity index (χ1) is 28.3. The highest BCUT2D eigenvalue weighted by atomic mass is 14.7. The lowest BCUT2D eigenvalue weighted by molar-refractivity contribution is 0.828. The molecule has 0 N–H and O–H groups in total. The Kier molecular flexibility index (Phi) is 9.14. The van der Waals surface area contributed by atoms with Gasteiger partial charge in [0.15, 0.2) is 0 Å². The molecule has 0 saturated heterocycles. The van der Waals surface area contributed by atoms with E-state index in [1.807, 2.05) is 18.5 Å². The molecule has 0 amide bonds. The maximum Gasteiger partial charge on any atom is 0.0698 e. The van der Waals surface area contributed by atoms with Crippen LogP contribution in [0.25, 0.3) is 71.6 Å². The largest absolute Gasteiger partial charge is 0.261 e. The molecule has 0 saturated carbocycles. The minimum absolute atomic E-state index is 0.193. The molecule has 1 aliphatic carbocycles. The van der Waals surface area contributed by atoms with E-state index >= 15 is 0 Å². The van der Waals surface area contributed by atoms with Crippen molar-refractivity contribution in [2.45, 2.75) is 18.8 Å². The van der Waals surface area contributed by atoms with Crippen LogP contribution in [0.4, 0.5) is 0 Å². The molecule has 7 aromatic carbocycles. The second-order valence-corrected chi connectivity index (χ2v) is 14.8. The van der Waals surface area contributed by atoms with Crippen molar-refractivity contribution < 1.29 is 0 Å². The van der Waals surface area contributed by atoms with Crippen molar-refractivity contribution >= 4 is 32.8 Å². The normalized spacial score (nSPS) is 15.1. The van der Waals surface area contributed by atoms with Crippen molar-refractivity contribution in [2.24, 2.45) is 4.99 Å². The molecule has 8 aromatic rings. The summed E-state index contributed by atoms with van der Waals surface area (Å²) in [5, 5.41) is 4.97. The van der Waals surface area contributed by atoms with Gasteiger partial charge in [0.25, 0.3) is 0 Å². The minimum Gasteiger partial charge on any atom is -0.261 e. The average molecular weight is 729 g/mol. The third-order valence-electron chi connectivity index (χ3n) is 11.3. The maximum atomic E-state index is 4.79. The number of allylic oxidation sites excluding steroid dienone is 7. The monoisotopic (exact) mass is 728 g/mol. The smallest absolute Gasteiger partial charge is 0.0698 e. The Labute approximate surface area is 334 Å². The number of rotatable bonds is 7. The molecule has 2 aliphatic rings. The van der Waals surface area contributed by atoms with Crippen LogP contribution in [-0.2, 0) is 0 Å². The van der Waals surface area contributed by atoms with Crippen LogP contribution in [0.3, 0.4) is 0 Å². The Bertz CT molecular complexity index is 2870. The van der Waals surface area contributed by atoms with Crippen LogP contribution < -0.4 is 0 Å². The highest BCUT2D eigenvalue weighted by Gasteiger charge is 2.23. The predicted molar refractivity (Wildman–Crippen MR) is 241 cm³/mol. The van der Waals surface area contributed by atoms with Gasteiger partial charge in [-0.25, -0.2) is 0 Å². The van der Waals surface area contributed by atoms with Crippen molar-refractivity contribution in [2.75, 3.05) is 0 Å². The molecule has 270 valence electrons. The molecule has 1 unspecified atom stereocenters. The van der Waals surface area contributed by atoms with Crippen molar-refractivity contribution in [1.82, 2.24) is 4.98 Å². The van der Waals surface area contributed by atoms with Crippen LogP contribution >= 0.6 is 0 Å². The van der Waals surface area contributed by atoms with E-state index in [2.05, 4.69) is 194 Å². The van der Waals surface area contributed by atoms with Gasteiger partial charge in [0.1, 0.15) is 0 Å². The first-order valence-electron chi connectivity index (χ1n) is 19.8. The van der Waals surface area contributed by atoms with Gasteiger partial charge in [0, 0.05) is 29.6 Å². The topological polar surface area (TPSA) is 25.2 Å². The molecule has 57 heavy (non-hydrogen) atoms. The first-order valence-corrected chi connectivity index (χ1v) is 19.8. The van der Waals surface area contributed by atoms with Gasteiger partial charge in [-0.1, -0.05) is 152 Å². The summed E-state index contributed by atoms with van der Waals surface area (Å²) in [4.78, 5) is 9.58. The Morgan fingerprint density at radius 2 is 1.09 bits per heavy atom. The Morgan fingerprint density at radius 1 is 0.456 bits per heavy atom. The van der Waals surface area contributed by atoms with Gasteiger partial charge < -0.3 is 0 Å². The van der Waals surface area contributed by atoms with E-state index in [-0.39, 0.29) is 5.92 Å². The lowest BCUT2D eigenvalue weighted by Gasteiger charge is -2.24. The molecular weight excluding hydrogens is 689 g/mol. The molecule has 0 radical (unpaired) electrons. The molecular formula is C55H40N2. The molecule has 2 nitrogen and oxygen atoms in total. The molecule has 1 aliphatic heterocycles. The van der Waals surface area contributed by atoms with E-state index in [1.165, 1.54) is 77.2 Å². The molecule has 0 fully saturated rings. The summed E-state index contributed by atoms with van der Waals surface area (Å²) >= 11 is 0. The Morgan fingerprint density at radius 3 is 1.82 bits per heavy atom. The zero-order valence-electron chi connectivity index (χ0n) is 31.6. The van der Waals surface area contributed by atoms with Crippen LogP contribution in [0, 0.1) is 0 Å². The first kappa shape index (κ1) is 34.3. The number of fused-ring (bicyclic) bond motifs is 2. The SMILES string of the molecule is C1=CC(c2ccccn2)CC(c2c3ccccc3c(-c3cccc(C4=NC=CCC=C4)c3)c3ccc(-c4cc(-c5ccccc5)cc(-c5ccccc5)c4)cc23)=C1. The second kappa shape index (κ2) is 15.2. The maximum absolute atomic E-state index is 4.79. The highest BCUT2D eigenvalue weighted by molar-refractivity contribution is 6.20.